The summed E-state index contributed by atoms with van der Waals surface area (Å²) in [5, 5.41) is 18.4. The third-order valence-corrected chi connectivity index (χ3v) is 6.34. The highest BCUT2D eigenvalue weighted by atomic mass is 16.6. The van der Waals surface area contributed by atoms with E-state index in [-0.39, 0.29) is 11.1 Å². The van der Waals surface area contributed by atoms with Crippen LogP contribution in [0, 0.1) is 22.7 Å². The Bertz CT molecular complexity index is 1570. The normalized spacial score (nSPS) is 10.6. The van der Waals surface area contributed by atoms with E-state index < -0.39 is 11.6 Å². The number of nitrogens with zero attached hydrogens (tertiary/aromatic N) is 2. The van der Waals surface area contributed by atoms with E-state index in [1.165, 1.54) is 12.1 Å². The molecule has 0 N–H and O–H groups in total. The Morgan fingerprint density at radius 2 is 1.03 bits per heavy atom. The van der Waals surface area contributed by atoms with E-state index in [0.717, 1.165) is 16.7 Å². The molecule has 0 amide bonds. The van der Waals surface area contributed by atoms with E-state index in [2.05, 4.69) is 0 Å². The number of carbonyl (C=O) groups is 1. The van der Waals surface area contributed by atoms with Crippen molar-refractivity contribution in [1.29, 1.82) is 10.5 Å². The van der Waals surface area contributed by atoms with E-state index in [1.54, 1.807) is 30.3 Å². The number of carbonyl (C=O) groups excluding carboxylic acids is 1. The fourth-order valence-corrected chi connectivity index (χ4v) is 4.47. The Labute approximate surface area is 226 Å². The Morgan fingerprint density at radius 3 is 1.49 bits per heavy atom. The summed E-state index contributed by atoms with van der Waals surface area (Å²) in [7, 11) is 0. The van der Waals surface area contributed by atoms with Crippen molar-refractivity contribution in [1.82, 2.24) is 0 Å². The van der Waals surface area contributed by atoms with Gasteiger partial charge in [0.15, 0.2) is 5.60 Å². The van der Waals surface area contributed by atoms with Crippen LogP contribution in [0.15, 0.2) is 133 Å². The average molecular weight is 507 g/mol. The summed E-state index contributed by atoms with van der Waals surface area (Å²) in [6.45, 7) is 0. The molecular weight excluding hydrogens is 484 g/mol. The van der Waals surface area contributed by atoms with Crippen LogP contribution in [0.3, 0.4) is 0 Å². The molecule has 5 heteroatoms. The van der Waals surface area contributed by atoms with Gasteiger partial charge in [-0.1, -0.05) is 91.0 Å². The Hall–Kier alpha value is -5.65. The third kappa shape index (κ3) is 5.11. The van der Waals surface area contributed by atoms with Crippen LogP contribution in [0.25, 0.3) is 0 Å². The molecule has 0 saturated carbocycles. The van der Waals surface area contributed by atoms with Crippen LogP contribution in [0.5, 0.6) is 11.5 Å². The van der Waals surface area contributed by atoms with Gasteiger partial charge in [0.1, 0.15) is 23.6 Å². The Kier molecular flexibility index (Phi) is 7.17. The van der Waals surface area contributed by atoms with Gasteiger partial charge >= 0.3 is 5.97 Å². The first-order valence-electron chi connectivity index (χ1n) is 12.3. The van der Waals surface area contributed by atoms with Gasteiger partial charge in [-0.05, 0) is 42.5 Å². The highest BCUT2D eigenvalue weighted by molar-refractivity contribution is 5.90. The van der Waals surface area contributed by atoms with E-state index in [9.17, 15) is 10.1 Å². The molecule has 0 heterocycles. The molecule has 0 aliphatic carbocycles. The number of rotatable bonds is 7. The molecule has 0 aliphatic heterocycles. The molecule has 0 saturated heterocycles. The summed E-state index contributed by atoms with van der Waals surface area (Å²) >= 11 is 0. The molecule has 0 atom stereocenters. The summed E-state index contributed by atoms with van der Waals surface area (Å²) in [5.41, 5.74) is 2.16. The monoisotopic (exact) mass is 506 g/mol. The molecule has 0 radical (unpaired) electrons. The second-order valence-corrected chi connectivity index (χ2v) is 8.73. The largest absolute Gasteiger partial charge is 0.457 e. The SMILES string of the molecule is N#Cc1ccc(Oc2ccc(C(=O)OC(c3ccccc3)(c3ccccc3)c3ccccc3)cc2)cc1C#N. The molecule has 0 aromatic heterocycles. The predicted octanol–water partition coefficient (Wildman–Crippen LogP) is 7.37. The van der Waals surface area contributed by atoms with Gasteiger partial charge in [0.25, 0.3) is 0 Å². The van der Waals surface area contributed by atoms with Crippen LogP contribution in [0.2, 0.25) is 0 Å². The van der Waals surface area contributed by atoms with Crippen molar-refractivity contribution < 1.29 is 14.3 Å². The number of benzene rings is 5. The molecule has 5 nitrogen and oxygen atoms in total. The first-order valence-corrected chi connectivity index (χ1v) is 12.3. The molecule has 0 aliphatic rings. The number of hydrogen-bond donors (Lipinski definition) is 0. The second-order valence-electron chi connectivity index (χ2n) is 8.73. The zero-order chi connectivity index (χ0) is 27.1. The molecule has 0 fully saturated rings. The van der Waals surface area contributed by atoms with Gasteiger partial charge in [-0.15, -0.1) is 0 Å². The summed E-state index contributed by atoms with van der Waals surface area (Å²) in [6, 6.07) is 44.3. The maximum absolute atomic E-state index is 13.7. The number of nitriles is 2. The number of ether oxygens (including phenoxy) is 2. The van der Waals surface area contributed by atoms with E-state index in [0.29, 0.717) is 17.1 Å². The molecule has 5 aromatic rings. The molecule has 5 rings (SSSR count). The fraction of sp³-hybridized carbons (Fsp3) is 0.0294. The lowest BCUT2D eigenvalue weighted by atomic mass is 9.80. The molecule has 0 bridgehead atoms. The second kappa shape index (κ2) is 11.2. The van der Waals surface area contributed by atoms with Gasteiger partial charge in [-0.25, -0.2) is 4.79 Å². The summed E-state index contributed by atoms with van der Waals surface area (Å²) in [5.74, 6) is 0.390. The third-order valence-electron chi connectivity index (χ3n) is 6.34. The van der Waals surface area contributed by atoms with Crippen molar-refractivity contribution in [3.8, 4) is 23.6 Å². The van der Waals surface area contributed by atoms with Crippen molar-refractivity contribution in [2.24, 2.45) is 0 Å². The van der Waals surface area contributed by atoms with Crippen LogP contribution >= 0.6 is 0 Å². The minimum Gasteiger partial charge on any atom is -0.457 e. The number of hydrogen-bond acceptors (Lipinski definition) is 5. The van der Waals surface area contributed by atoms with Crippen LogP contribution in [0.1, 0.15) is 38.2 Å². The smallest absolute Gasteiger partial charge is 0.339 e. The highest BCUT2D eigenvalue weighted by Crippen LogP contribution is 2.41. The van der Waals surface area contributed by atoms with E-state index >= 15 is 0 Å². The highest BCUT2D eigenvalue weighted by Gasteiger charge is 2.40. The first-order chi connectivity index (χ1) is 19.1. The first kappa shape index (κ1) is 25.0. The van der Waals surface area contributed by atoms with Crippen molar-refractivity contribution >= 4 is 5.97 Å². The lowest BCUT2D eigenvalue weighted by Gasteiger charge is -2.35. The van der Waals surface area contributed by atoms with Crippen LogP contribution < -0.4 is 4.74 Å². The molecular formula is C34H22N2O3. The Balaban J connectivity index is 1.49. The Morgan fingerprint density at radius 1 is 0.564 bits per heavy atom. The maximum Gasteiger partial charge on any atom is 0.339 e. The minimum atomic E-state index is -1.17. The van der Waals surface area contributed by atoms with Gasteiger partial charge < -0.3 is 9.47 Å². The van der Waals surface area contributed by atoms with Crippen molar-refractivity contribution in [3.63, 3.8) is 0 Å². The summed E-state index contributed by atoms with van der Waals surface area (Å²) in [4.78, 5) is 13.7. The summed E-state index contributed by atoms with van der Waals surface area (Å²) in [6.07, 6.45) is 0. The average Bonchev–Trinajstić information content (AvgIpc) is 3.01. The van der Waals surface area contributed by atoms with E-state index in [4.69, 9.17) is 14.7 Å². The maximum atomic E-state index is 13.7. The summed E-state index contributed by atoms with van der Waals surface area (Å²) < 4.78 is 12.3. The molecule has 0 unspecified atom stereocenters. The van der Waals surface area contributed by atoms with Gasteiger partial charge in [-0.3, -0.25) is 0 Å². The lowest BCUT2D eigenvalue weighted by Crippen LogP contribution is -2.35. The van der Waals surface area contributed by atoms with Gasteiger partial charge in [0.2, 0.25) is 0 Å². The number of esters is 1. The van der Waals surface area contributed by atoms with Gasteiger partial charge in [0, 0.05) is 16.7 Å². The molecule has 0 spiro atoms. The van der Waals surface area contributed by atoms with Crippen molar-refractivity contribution in [2.75, 3.05) is 0 Å². The van der Waals surface area contributed by atoms with Crippen LogP contribution in [0.4, 0.5) is 0 Å². The predicted molar refractivity (Wildman–Crippen MR) is 147 cm³/mol. The van der Waals surface area contributed by atoms with Gasteiger partial charge in [-0.2, -0.15) is 10.5 Å². The van der Waals surface area contributed by atoms with Crippen LogP contribution in [-0.4, -0.2) is 5.97 Å². The van der Waals surface area contributed by atoms with Crippen LogP contribution in [-0.2, 0) is 10.3 Å². The van der Waals surface area contributed by atoms with E-state index in [1.807, 2.05) is 103 Å². The zero-order valence-electron chi connectivity index (χ0n) is 20.8. The molecule has 5 aromatic carbocycles. The molecule has 186 valence electrons. The minimum absolute atomic E-state index is 0.231. The zero-order valence-corrected chi connectivity index (χ0v) is 20.8. The van der Waals surface area contributed by atoms with Crippen molar-refractivity contribution in [3.05, 3.63) is 167 Å². The quantitative estimate of drug-likeness (QED) is 0.170. The lowest BCUT2D eigenvalue weighted by molar-refractivity contribution is 0.0141. The molecule has 39 heavy (non-hydrogen) atoms. The van der Waals surface area contributed by atoms with Crippen molar-refractivity contribution in [2.45, 2.75) is 5.60 Å². The standard InChI is InChI=1S/C34H22N2O3/c35-23-26-18-21-32(22-27(26)24-36)38-31-19-16-25(17-20-31)33(37)39-34(28-10-4-1-5-11-28,29-12-6-2-7-13-29)30-14-8-3-9-15-30/h1-22H. The fourth-order valence-electron chi connectivity index (χ4n) is 4.47. The topological polar surface area (TPSA) is 83.1 Å². The van der Waals surface area contributed by atoms with Gasteiger partial charge in [0.05, 0.1) is 16.7 Å².